The molecule has 1 rings (SSSR count). The molecule has 0 saturated heterocycles. The van der Waals surface area contributed by atoms with Gasteiger partial charge in [-0.1, -0.05) is 17.3 Å². The summed E-state index contributed by atoms with van der Waals surface area (Å²) in [6.45, 7) is 5.15. The quantitative estimate of drug-likeness (QED) is 0.276. The van der Waals surface area contributed by atoms with Gasteiger partial charge in [-0.15, -0.1) is 0 Å². The lowest BCUT2D eigenvalue weighted by Crippen LogP contribution is -2.35. The molecule has 1 aromatic rings. The van der Waals surface area contributed by atoms with Gasteiger partial charge in [0.15, 0.2) is 5.84 Å². The molecule has 0 aliphatic carbocycles. The highest BCUT2D eigenvalue weighted by Crippen LogP contribution is 2.20. The van der Waals surface area contributed by atoms with Gasteiger partial charge in [-0.25, -0.2) is 0 Å². The minimum absolute atomic E-state index is 0.152. The fraction of sp³-hybridized carbons (Fsp3) is 0.364. The molecule has 0 aliphatic heterocycles. The van der Waals surface area contributed by atoms with Crippen LogP contribution in [0.4, 0.5) is 5.69 Å². The largest absolute Gasteiger partial charge is 0.409 e. The molecule has 0 heterocycles. The minimum Gasteiger partial charge on any atom is -0.409 e. The van der Waals surface area contributed by atoms with E-state index in [4.69, 9.17) is 10.9 Å². The van der Waals surface area contributed by atoms with Crippen molar-refractivity contribution in [2.24, 2.45) is 10.9 Å². The number of oxime groups is 1. The Hall–Kier alpha value is -1.80. The van der Waals surface area contributed by atoms with Crippen LogP contribution >= 0.6 is 0 Å². The van der Waals surface area contributed by atoms with Crippen LogP contribution in [0.2, 0.25) is 0 Å². The second kappa shape index (κ2) is 5.89. The molecule has 5 N–H and O–H groups in total. The van der Waals surface area contributed by atoms with E-state index in [1.54, 1.807) is 39.0 Å². The summed E-state index contributed by atoms with van der Waals surface area (Å²) in [4.78, 5) is 0. The molecular formula is C11H18N4O3S. The highest BCUT2D eigenvalue weighted by molar-refractivity contribution is 7.90. The maximum Gasteiger partial charge on any atom is 0.299 e. The summed E-state index contributed by atoms with van der Waals surface area (Å²) >= 11 is 0. The summed E-state index contributed by atoms with van der Waals surface area (Å²) in [5.74, 6) is -0.152. The van der Waals surface area contributed by atoms with Crippen molar-refractivity contribution in [3.63, 3.8) is 0 Å². The highest BCUT2D eigenvalue weighted by atomic mass is 32.2. The summed E-state index contributed by atoms with van der Waals surface area (Å²) in [6.07, 6.45) is 0. The van der Waals surface area contributed by atoms with Crippen LogP contribution in [0.5, 0.6) is 0 Å². The molecule has 0 aromatic heterocycles. The zero-order chi connectivity index (χ0) is 14.6. The van der Waals surface area contributed by atoms with Gasteiger partial charge in [0.05, 0.1) is 5.69 Å². The molecule has 0 bridgehead atoms. The first-order valence-electron chi connectivity index (χ1n) is 5.64. The van der Waals surface area contributed by atoms with Crippen molar-refractivity contribution in [3.05, 3.63) is 29.3 Å². The first kappa shape index (κ1) is 15.3. The monoisotopic (exact) mass is 286 g/mol. The van der Waals surface area contributed by atoms with Gasteiger partial charge in [-0.05, 0) is 32.4 Å². The topological polar surface area (TPSA) is 117 Å². The van der Waals surface area contributed by atoms with Crippen LogP contribution in [-0.4, -0.2) is 25.5 Å². The number of nitrogens with two attached hydrogens (primary N) is 1. The number of nitrogens with one attached hydrogen (secondary N) is 2. The average Bonchev–Trinajstić information content (AvgIpc) is 2.25. The van der Waals surface area contributed by atoms with Crippen molar-refractivity contribution >= 4 is 21.7 Å². The van der Waals surface area contributed by atoms with Gasteiger partial charge in [0, 0.05) is 11.6 Å². The van der Waals surface area contributed by atoms with Gasteiger partial charge in [0.1, 0.15) is 0 Å². The standard InChI is InChI=1S/C11H18N4O3S/c1-7(2)14-19(17,18)15-9-6-4-5-8(3)10(9)11(12)13-16/h4-7,14-16H,1-3H3,(H2,12,13). The number of nitrogens with zero attached hydrogens (tertiary/aromatic N) is 1. The van der Waals surface area contributed by atoms with Crippen LogP contribution in [0.25, 0.3) is 0 Å². The Labute approximate surface area is 112 Å². The molecule has 0 radical (unpaired) electrons. The summed E-state index contributed by atoms with van der Waals surface area (Å²) in [6, 6.07) is 4.71. The zero-order valence-corrected chi connectivity index (χ0v) is 11.8. The molecule has 1 aromatic carbocycles. The Bertz CT molecular complexity index is 582. The zero-order valence-electron chi connectivity index (χ0n) is 11.0. The summed E-state index contributed by atoms with van der Waals surface area (Å²) in [5, 5.41) is 11.7. The lowest BCUT2D eigenvalue weighted by atomic mass is 10.1. The van der Waals surface area contributed by atoms with Crippen molar-refractivity contribution in [3.8, 4) is 0 Å². The van der Waals surface area contributed by atoms with Crippen LogP contribution in [0.1, 0.15) is 25.0 Å². The maximum absolute atomic E-state index is 11.8. The molecule has 19 heavy (non-hydrogen) atoms. The molecular weight excluding hydrogens is 268 g/mol. The molecule has 0 saturated carbocycles. The van der Waals surface area contributed by atoms with Gasteiger partial charge in [-0.2, -0.15) is 13.1 Å². The molecule has 7 nitrogen and oxygen atoms in total. The predicted molar refractivity (Wildman–Crippen MR) is 74.5 cm³/mol. The smallest absolute Gasteiger partial charge is 0.299 e. The number of aryl methyl sites for hydroxylation is 1. The van der Waals surface area contributed by atoms with Gasteiger partial charge in [0.2, 0.25) is 0 Å². The van der Waals surface area contributed by atoms with Gasteiger partial charge in [-0.3, -0.25) is 4.72 Å². The third-order valence-corrected chi connectivity index (χ3v) is 3.54. The highest BCUT2D eigenvalue weighted by Gasteiger charge is 2.16. The molecule has 106 valence electrons. The number of benzene rings is 1. The lowest BCUT2D eigenvalue weighted by molar-refractivity contribution is 0.318. The average molecular weight is 286 g/mol. The van der Waals surface area contributed by atoms with E-state index in [1.165, 1.54) is 0 Å². The Morgan fingerprint density at radius 2 is 2.05 bits per heavy atom. The Kier molecular flexibility index (Phi) is 4.73. The van der Waals surface area contributed by atoms with E-state index >= 15 is 0 Å². The molecule has 0 fully saturated rings. The molecule has 0 spiro atoms. The fourth-order valence-corrected chi connectivity index (χ4v) is 2.77. The van der Waals surface area contributed by atoms with E-state index in [9.17, 15) is 8.42 Å². The van der Waals surface area contributed by atoms with E-state index in [0.717, 1.165) is 0 Å². The SMILES string of the molecule is Cc1cccc(NS(=O)(=O)NC(C)C)c1/C(N)=N/O. The van der Waals surface area contributed by atoms with E-state index in [2.05, 4.69) is 14.6 Å². The molecule has 0 amide bonds. The number of rotatable bonds is 5. The predicted octanol–water partition coefficient (Wildman–Crippen LogP) is 0.744. The van der Waals surface area contributed by atoms with Crippen LogP contribution in [-0.2, 0) is 10.2 Å². The third-order valence-electron chi connectivity index (χ3n) is 2.27. The van der Waals surface area contributed by atoms with Crippen LogP contribution in [0, 0.1) is 6.92 Å². The van der Waals surface area contributed by atoms with Crippen molar-refractivity contribution < 1.29 is 13.6 Å². The lowest BCUT2D eigenvalue weighted by Gasteiger charge is -2.15. The number of hydrogen-bond acceptors (Lipinski definition) is 4. The summed E-state index contributed by atoms with van der Waals surface area (Å²) in [5.41, 5.74) is 6.85. The van der Waals surface area contributed by atoms with E-state index in [0.29, 0.717) is 11.1 Å². The first-order valence-corrected chi connectivity index (χ1v) is 7.12. The second-order valence-corrected chi connectivity index (χ2v) is 5.81. The number of anilines is 1. The molecule has 0 unspecified atom stereocenters. The molecule has 0 aliphatic rings. The fourth-order valence-electron chi connectivity index (χ4n) is 1.63. The number of hydrogen-bond donors (Lipinski definition) is 4. The van der Waals surface area contributed by atoms with Gasteiger partial charge in [0.25, 0.3) is 10.2 Å². The van der Waals surface area contributed by atoms with Crippen LogP contribution < -0.4 is 15.2 Å². The van der Waals surface area contributed by atoms with Crippen molar-refractivity contribution in [2.45, 2.75) is 26.8 Å². The third kappa shape index (κ3) is 4.11. The first-order chi connectivity index (χ1) is 8.76. The number of amidine groups is 1. The summed E-state index contributed by atoms with van der Waals surface area (Å²) < 4.78 is 28.4. The van der Waals surface area contributed by atoms with Crippen LogP contribution in [0.15, 0.2) is 23.4 Å². The van der Waals surface area contributed by atoms with Gasteiger partial charge < -0.3 is 10.9 Å². The maximum atomic E-state index is 11.8. The summed E-state index contributed by atoms with van der Waals surface area (Å²) in [7, 11) is -3.71. The van der Waals surface area contributed by atoms with Gasteiger partial charge >= 0.3 is 0 Å². The van der Waals surface area contributed by atoms with E-state index in [-0.39, 0.29) is 17.6 Å². The van der Waals surface area contributed by atoms with E-state index < -0.39 is 10.2 Å². The van der Waals surface area contributed by atoms with Crippen molar-refractivity contribution in [1.29, 1.82) is 0 Å². The molecule has 0 atom stereocenters. The Balaban J connectivity index is 3.19. The van der Waals surface area contributed by atoms with Crippen LogP contribution in [0.3, 0.4) is 0 Å². The van der Waals surface area contributed by atoms with E-state index in [1.807, 2.05) is 0 Å². The van der Waals surface area contributed by atoms with Crippen molar-refractivity contribution in [1.82, 2.24) is 4.72 Å². The molecule has 8 heteroatoms. The van der Waals surface area contributed by atoms with Crippen molar-refractivity contribution in [2.75, 3.05) is 4.72 Å². The second-order valence-electron chi connectivity index (χ2n) is 4.36. The normalized spacial score (nSPS) is 12.7. The Morgan fingerprint density at radius 3 is 2.58 bits per heavy atom. The Morgan fingerprint density at radius 1 is 1.42 bits per heavy atom. The minimum atomic E-state index is -3.71.